The molecule has 2 aliphatic heterocycles. The first-order chi connectivity index (χ1) is 13.7. The van der Waals surface area contributed by atoms with E-state index in [2.05, 4.69) is 37.9 Å². The monoisotopic (exact) mass is 381 g/mol. The first-order valence-electron chi connectivity index (χ1n) is 10.4. The summed E-state index contributed by atoms with van der Waals surface area (Å²) in [4.78, 5) is 2.45. The van der Waals surface area contributed by atoms with Crippen molar-refractivity contribution in [1.29, 1.82) is 0 Å². The van der Waals surface area contributed by atoms with Gasteiger partial charge in [0.15, 0.2) is 5.82 Å². The molecule has 150 valence electrons. The Morgan fingerprint density at radius 3 is 2.96 bits per heavy atom. The highest BCUT2D eigenvalue weighted by atomic mass is 16.3. The molecule has 0 aromatic carbocycles. The van der Waals surface area contributed by atoms with Gasteiger partial charge in [-0.15, -0.1) is 5.10 Å². The Balaban J connectivity index is 1.48. The maximum atomic E-state index is 10.6. The van der Waals surface area contributed by atoms with Gasteiger partial charge >= 0.3 is 0 Å². The van der Waals surface area contributed by atoms with E-state index in [1.165, 1.54) is 19.3 Å². The second-order valence-corrected chi connectivity index (χ2v) is 8.09. The van der Waals surface area contributed by atoms with Gasteiger partial charge in [0.1, 0.15) is 0 Å². The zero-order valence-corrected chi connectivity index (χ0v) is 16.8. The SMILES string of the molecule is CN/C=C(\C)C1=CC(O)C(c2ccc(N3CCCC4CNCCC43)nn2)C=C1. The molecule has 4 rings (SSSR count). The lowest BCUT2D eigenvalue weighted by Gasteiger charge is -2.44. The molecule has 3 aliphatic rings. The average Bonchev–Trinajstić information content (AvgIpc) is 2.73. The fourth-order valence-electron chi connectivity index (χ4n) is 4.76. The number of hydrogen-bond acceptors (Lipinski definition) is 6. The van der Waals surface area contributed by atoms with Gasteiger partial charge in [-0.2, -0.15) is 5.10 Å². The van der Waals surface area contributed by atoms with Crippen molar-refractivity contribution in [3.05, 3.63) is 53.4 Å². The van der Waals surface area contributed by atoms with Crippen LogP contribution >= 0.6 is 0 Å². The molecule has 0 bridgehead atoms. The van der Waals surface area contributed by atoms with Crippen LogP contribution in [-0.4, -0.2) is 54.1 Å². The molecule has 2 saturated heterocycles. The van der Waals surface area contributed by atoms with Gasteiger partial charge in [-0.25, -0.2) is 0 Å². The molecule has 0 saturated carbocycles. The van der Waals surface area contributed by atoms with Crippen LogP contribution in [0.2, 0.25) is 0 Å². The van der Waals surface area contributed by atoms with Crippen molar-refractivity contribution in [2.75, 3.05) is 31.6 Å². The number of aliphatic hydroxyl groups excluding tert-OH is 1. The summed E-state index contributed by atoms with van der Waals surface area (Å²) >= 11 is 0. The molecule has 0 spiro atoms. The summed E-state index contributed by atoms with van der Waals surface area (Å²) in [5, 5.41) is 26.2. The van der Waals surface area contributed by atoms with Crippen LogP contribution in [0.1, 0.15) is 37.8 Å². The van der Waals surface area contributed by atoms with E-state index in [1.807, 2.05) is 38.4 Å². The molecule has 6 heteroatoms. The van der Waals surface area contributed by atoms with Crippen molar-refractivity contribution in [2.24, 2.45) is 5.92 Å². The smallest absolute Gasteiger partial charge is 0.151 e. The van der Waals surface area contributed by atoms with Gasteiger partial charge in [-0.05, 0) is 80.7 Å². The molecule has 1 aliphatic carbocycles. The number of nitrogens with zero attached hydrogens (tertiary/aromatic N) is 3. The number of hydrogen-bond donors (Lipinski definition) is 3. The molecular weight excluding hydrogens is 350 g/mol. The van der Waals surface area contributed by atoms with Crippen LogP contribution < -0.4 is 15.5 Å². The van der Waals surface area contributed by atoms with Crippen molar-refractivity contribution < 1.29 is 5.11 Å². The minimum absolute atomic E-state index is 0.152. The second-order valence-electron chi connectivity index (χ2n) is 8.09. The quantitative estimate of drug-likeness (QED) is 0.742. The van der Waals surface area contributed by atoms with Gasteiger partial charge in [-0.1, -0.05) is 12.2 Å². The minimum Gasteiger partial charge on any atom is -0.394 e. The maximum absolute atomic E-state index is 10.6. The number of piperidine rings is 2. The maximum Gasteiger partial charge on any atom is 0.151 e. The van der Waals surface area contributed by atoms with Crippen molar-refractivity contribution in [2.45, 2.75) is 44.2 Å². The van der Waals surface area contributed by atoms with Crippen LogP contribution in [0.15, 0.2) is 47.7 Å². The van der Waals surface area contributed by atoms with E-state index in [1.54, 1.807) is 0 Å². The average molecular weight is 382 g/mol. The van der Waals surface area contributed by atoms with Gasteiger partial charge in [0.2, 0.25) is 0 Å². The Morgan fingerprint density at radius 2 is 2.21 bits per heavy atom. The largest absolute Gasteiger partial charge is 0.394 e. The van der Waals surface area contributed by atoms with E-state index in [4.69, 9.17) is 0 Å². The Kier molecular flexibility index (Phi) is 5.78. The van der Waals surface area contributed by atoms with Crippen LogP contribution in [0.25, 0.3) is 0 Å². The fourth-order valence-corrected chi connectivity index (χ4v) is 4.76. The minimum atomic E-state index is -0.593. The summed E-state index contributed by atoms with van der Waals surface area (Å²) in [6.45, 7) is 5.28. The summed E-state index contributed by atoms with van der Waals surface area (Å²) in [5.41, 5.74) is 2.95. The molecular formula is C22H31N5O. The van der Waals surface area contributed by atoms with E-state index < -0.39 is 6.10 Å². The van der Waals surface area contributed by atoms with E-state index in [-0.39, 0.29) is 5.92 Å². The molecule has 2 fully saturated rings. The molecule has 0 amide bonds. The standard InChI is InChI=1S/C22H31N5O/c1-15(13-23-2)16-5-6-18(21(28)12-16)19-7-8-22(26-25-19)27-11-3-4-17-14-24-10-9-20(17)27/h5-8,12-13,17-18,20-21,23-24,28H,3-4,9-11,14H2,1-2H3/b15-13+. The molecule has 0 radical (unpaired) electrons. The molecule has 6 nitrogen and oxygen atoms in total. The number of rotatable bonds is 4. The lowest BCUT2D eigenvalue weighted by Crippen LogP contribution is -2.53. The molecule has 1 aromatic heterocycles. The lowest BCUT2D eigenvalue weighted by molar-refractivity contribution is 0.203. The van der Waals surface area contributed by atoms with E-state index in [9.17, 15) is 5.11 Å². The summed E-state index contributed by atoms with van der Waals surface area (Å²) in [7, 11) is 1.88. The molecule has 3 heterocycles. The molecule has 1 aromatic rings. The number of fused-ring (bicyclic) bond motifs is 1. The molecule has 3 N–H and O–H groups in total. The highest BCUT2D eigenvalue weighted by Crippen LogP contribution is 2.32. The third-order valence-electron chi connectivity index (χ3n) is 6.27. The third-order valence-corrected chi connectivity index (χ3v) is 6.27. The van der Waals surface area contributed by atoms with Crippen LogP contribution in [0.3, 0.4) is 0 Å². The van der Waals surface area contributed by atoms with Crippen LogP contribution in [0, 0.1) is 5.92 Å². The zero-order valence-electron chi connectivity index (χ0n) is 16.8. The molecule has 28 heavy (non-hydrogen) atoms. The van der Waals surface area contributed by atoms with Crippen molar-refractivity contribution in [1.82, 2.24) is 20.8 Å². The molecule has 4 atom stereocenters. The summed E-state index contributed by atoms with van der Waals surface area (Å²) < 4.78 is 0. The highest BCUT2D eigenvalue weighted by Gasteiger charge is 2.34. The van der Waals surface area contributed by atoms with E-state index >= 15 is 0 Å². The van der Waals surface area contributed by atoms with Crippen LogP contribution in [-0.2, 0) is 0 Å². The predicted octanol–water partition coefficient (Wildman–Crippen LogP) is 2.12. The Labute approximate surface area is 167 Å². The van der Waals surface area contributed by atoms with Crippen molar-refractivity contribution in [3.8, 4) is 0 Å². The van der Waals surface area contributed by atoms with Crippen LogP contribution in [0.4, 0.5) is 5.82 Å². The van der Waals surface area contributed by atoms with Gasteiger partial charge < -0.3 is 20.6 Å². The Hall–Kier alpha value is -2.18. The topological polar surface area (TPSA) is 73.3 Å². The lowest BCUT2D eigenvalue weighted by atomic mass is 9.84. The van der Waals surface area contributed by atoms with E-state index in [0.717, 1.165) is 42.3 Å². The fraction of sp³-hybridized carbons (Fsp3) is 0.545. The zero-order chi connectivity index (χ0) is 19.5. The highest BCUT2D eigenvalue weighted by molar-refractivity contribution is 5.45. The van der Waals surface area contributed by atoms with Crippen molar-refractivity contribution in [3.63, 3.8) is 0 Å². The van der Waals surface area contributed by atoms with Gasteiger partial charge in [0.25, 0.3) is 0 Å². The third kappa shape index (κ3) is 3.84. The number of anilines is 1. The number of aromatic nitrogens is 2. The summed E-state index contributed by atoms with van der Waals surface area (Å²) in [6.07, 6.45) is 11.0. The van der Waals surface area contributed by atoms with Gasteiger partial charge in [-0.3, -0.25) is 0 Å². The Bertz CT molecular complexity index is 768. The number of nitrogens with one attached hydrogen (secondary N) is 2. The number of allylic oxidation sites excluding steroid dienone is 3. The number of aliphatic hydroxyl groups is 1. The van der Waals surface area contributed by atoms with Gasteiger partial charge in [0, 0.05) is 19.6 Å². The Morgan fingerprint density at radius 1 is 1.32 bits per heavy atom. The first-order valence-corrected chi connectivity index (χ1v) is 10.4. The van der Waals surface area contributed by atoms with Crippen LogP contribution in [0.5, 0.6) is 0 Å². The molecule has 4 unspecified atom stereocenters. The van der Waals surface area contributed by atoms with E-state index in [0.29, 0.717) is 12.0 Å². The van der Waals surface area contributed by atoms with Gasteiger partial charge in [0.05, 0.1) is 17.7 Å². The second kappa shape index (κ2) is 8.45. The summed E-state index contributed by atoms with van der Waals surface area (Å²) in [6, 6.07) is 4.68. The first kappa shape index (κ1) is 19.2. The normalized spacial score (nSPS) is 30.6. The predicted molar refractivity (Wildman–Crippen MR) is 112 cm³/mol. The summed E-state index contributed by atoms with van der Waals surface area (Å²) in [5.74, 6) is 1.53. The van der Waals surface area contributed by atoms with Crippen molar-refractivity contribution >= 4 is 5.82 Å².